The van der Waals surface area contributed by atoms with Crippen molar-refractivity contribution >= 4 is 13.9 Å². The quantitative estimate of drug-likeness (QED) is 0.155. The van der Waals surface area contributed by atoms with E-state index in [9.17, 15) is 0 Å². The molecule has 0 aromatic heterocycles. The third-order valence-corrected chi connectivity index (χ3v) is 15.6. The molecule has 0 saturated carbocycles. The summed E-state index contributed by atoms with van der Waals surface area (Å²) in [4.78, 5) is 10.4. The summed E-state index contributed by atoms with van der Waals surface area (Å²) in [6.07, 6.45) is 16.2. The summed E-state index contributed by atoms with van der Waals surface area (Å²) in [7, 11) is 0. The van der Waals surface area contributed by atoms with Gasteiger partial charge in [-0.2, -0.15) is 0 Å². The van der Waals surface area contributed by atoms with E-state index in [1.807, 2.05) is 0 Å². The van der Waals surface area contributed by atoms with Crippen LogP contribution in [-0.2, 0) is 28.7 Å². The Kier molecular flexibility index (Phi) is 5.85. The fraction of sp³-hybridized carbons (Fsp3) is 0.149. The van der Waals surface area contributed by atoms with Crippen LogP contribution in [0.5, 0.6) is 11.5 Å². The molecule has 2 spiro atoms. The van der Waals surface area contributed by atoms with E-state index in [-0.39, 0.29) is 5.66 Å². The van der Waals surface area contributed by atoms with Gasteiger partial charge >= 0.3 is 319 Å². The van der Waals surface area contributed by atoms with Crippen molar-refractivity contribution in [1.29, 1.82) is 0 Å². The Bertz CT molecular complexity index is 2630. The van der Waals surface area contributed by atoms with Crippen LogP contribution in [0.25, 0.3) is 16.7 Å². The molecule has 1 atom stereocenters. The average molecular weight is 868 g/mol. The van der Waals surface area contributed by atoms with Crippen LogP contribution < -0.4 is 4.74 Å². The summed E-state index contributed by atoms with van der Waals surface area (Å²) < 4.78 is 9.73. The monoisotopic (exact) mass is 867 g/mol. The topological polar surface area (TPSA) is 22.2 Å². The van der Waals surface area contributed by atoms with Crippen molar-refractivity contribution in [3.05, 3.63) is 197 Å². The Balaban J connectivity index is 1.24. The molecule has 4 aliphatic heterocycles. The van der Waals surface area contributed by atoms with Crippen LogP contribution in [0.3, 0.4) is 0 Å². The van der Waals surface area contributed by atoms with Gasteiger partial charge in [-0.05, 0) is 0 Å². The first-order chi connectivity index (χ1) is 26.0. The summed E-state index contributed by atoms with van der Waals surface area (Å²) in [5, 5.41) is 0. The molecule has 1 unspecified atom stereocenters. The summed E-state index contributed by atoms with van der Waals surface area (Å²) in [6, 6.07) is 45.0. The molecule has 4 heterocycles. The van der Waals surface area contributed by atoms with Crippen molar-refractivity contribution in [3.63, 3.8) is 0 Å². The van der Waals surface area contributed by atoms with Gasteiger partial charge in [0.1, 0.15) is 0 Å². The molecule has 53 heavy (non-hydrogen) atoms. The van der Waals surface area contributed by atoms with Crippen LogP contribution in [-0.4, -0.2) is 33.6 Å². The third kappa shape index (κ3) is 3.57. The first kappa shape index (κ1) is 30.0. The minimum absolute atomic E-state index is 0.356. The minimum atomic E-state index is -0.763. The maximum absolute atomic E-state index is 6.96. The van der Waals surface area contributed by atoms with Crippen LogP contribution in [0.4, 0.5) is 0 Å². The zero-order valence-corrected chi connectivity index (χ0v) is 31.7. The molecule has 6 bridgehead atoms. The van der Waals surface area contributed by atoms with Gasteiger partial charge in [0.05, 0.1) is 0 Å². The van der Waals surface area contributed by atoms with Gasteiger partial charge in [0, 0.05) is 0 Å². The van der Waals surface area contributed by atoms with Gasteiger partial charge in [-0.15, -0.1) is 0 Å². The molecule has 0 amide bonds. The van der Waals surface area contributed by atoms with E-state index in [0.29, 0.717) is 0 Å². The molecule has 0 radical (unpaired) electrons. The zero-order valence-electron chi connectivity index (χ0n) is 29.4. The molecular formula is C47H36N4OPt. The van der Waals surface area contributed by atoms with E-state index in [1.165, 1.54) is 63.9 Å². The van der Waals surface area contributed by atoms with E-state index in [2.05, 4.69) is 192 Å². The number of benzene rings is 5. The van der Waals surface area contributed by atoms with Crippen LogP contribution in [0.2, 0.25) is 0 Å². The van der Waals surface area contributed by atoms with Crippen molar-refractivity contribution in [2.45, 2.75) is 43.4 Å². The zero-order chi connectivity index (χ0) is 35.1. The third-order valence-electron chi connectivity index (χ3n) is 12.4. The molecule has 3 aliphatic carbocycles. The van der Waals surface area contributed by atoms with E-state index in [0.717, 1.165) is 24.3 Å². The van der Waals surface area contributed by atoms with Gasteiger partial charge < -0.3 is 0 Å². The summed E-state index contributed by atoms with van der Waals surface area (Å²) in [5.41, 5.74) is 11.6. The Labute approximate surface area is 317 Å². The molecule has 7 aliphatic rings. The predicted molar refractivity (Wildman–Crippen MR) is 207 cm³/mol. The number of hydrogen-bond donors (Lipinski definition) is 0. The van der Waals surface area contributed by atoms with Crippen LogP contribution in [0, 0.1) is 0 Å². The molecule has 0 fully saturated rings. The summed E-state index contributed by atoms with van der Waals surface area (Å²) >= 11 is -0.763. The average Bonchev–Trinajstić information content (AvgIpc) is 3.96. The van der Waals surface area contributed by atoms with Gasteiger partial charge in [-0.1, -0.05) is 0 Å². The van der Waals surface area contributed by atoms with Gasteiger partial charge in [-0.25, -0.2) is 0 Å². The number of allylic oxidation sites excluding steroid dienone is 3. The predicted octanol–water partition coefficient (Wildman–Crippen LogP) is 9.31. The number of hydrogen-bond acceptors (Lipinski definition) is 5. The van der Waals surface area contributed by atoms with Gasteiger partial charge in [0.15, 0.2) is 0 Å². The Morgan fingerprint density at radius 1 is 0.547 bits per heavy atom. The maximum atomic E-state index is 6.96. The number of nitrogens with zero attached hydrogens (tertiary/aromatic N) is 4. The standard InChI is InChI=1S/C47H36N4O.Pt/c1-45(2)48-25-27-50(31-48)46(41-21-7-3-17-37(41)38-18-4-8-22-42(38)46)33-13-11-15-35(29-33)52-36-16-12-14-34(30-36)47(51-28-26-49(45)32-51)43-23-9-5-19-39(43)40-20-6-10-24-44(40)47;/h3-9,11-23,25-30H,10,24H2,1-2H3;. The molecule has 12 rings (SSSR count). The van der Waals surface area contributed by atoms with Crippen LogP contribution >= 0.6 is 0 Å². The van der Waals surface area contributed by atoms with Crippen molar-refractivity contribution in [2.75, 3.05) is 0 Å². The first-order valence-electron chi connectivity index (χ1n) is 18.5. The number of rotatable bonds is 0. The van der Waals surface area contributed by atoms with E-state index in [1.54, 1.807) is 0 Å². The Morgan fingerprint density at radius 2 is 1.06 bits per heavy atom. The number of ether oxygens (including phenoxy) is 1. The van der Waals surface area contributed by atoms with Crippen molar-refractivity contribution in [3.8, 4) is 22.6 Å². The molecule has 0 saturated heterocycles. The summed E-state index contributed by atoms with van der Waals surface area (Å²) in [5.74, 6) is 1.68. The fourth-order valence-electron chi connectivity index (χ4n) is 10.2. The van der Waals surface area contributed by atoms with E-state index >= 15 is 0 Å². The fourth-order valence-corrected chi connectivity index (χ4v) is 14.4. The molecule has 0 N–H and O–H groups in total. The second kappa shape index (κ2) is 10.3. The molecule has 5 aromatic rings. The molecule has 260 valence electrons. The van der Waals surface area contributed by atoms with Gasteiger partial charge in [0.25, 0.3) is 0 Å². The van der Waals surface area contributed by atoms with E-state index < -0.39 is 28.7 Å². The molecule has 6 heteroatoms. The van der Waals surface area contributed by atoms with Gasteiger partial charge in [0.2, 0.25) is 0 Å². The van der Waals surface area contributed by atoms with E-state index in [4.69, 9.17) is 4.74 Å². The van der Waals surface area contributed by atoms with Crippen molar-refractivity contribution in [1.82, 2.24) is 19.6 Å². The van der Waals surface area contributed by atoms with Gasteiger partial charge in [-0.3, -0.25) is 0 Å². The van der Waals surface area contributed by atoms with Crippen molar-refractivity contribution < 1.29 is 22.4 Å². The van der Waals surface area contributed by atoms with Crippen LogP contribution in [0.1, 0.15) is 60.1 Å². The summed E-state index contributed by atoms with van der Waals surface area (Å²) in [6.45, 7) is 4.75. The normalized spacial score (nSPS) is 22.8. The second-order valence-electron chi connectivity index (χ2n) is 15.2. The Hall–Kier alpha value is -5.51. The van der Waals surface area contributed by atoms with Crippen LogP contribution in [0.15, 0.2) is 164 Å². The number of fused-ring (bicyclic) bond motifs is 17. The SMILES string of the molecule is CC1(C)N2C=CN3[C]2=[Pt]=[C]2N(C=CN21)C1(c2cccc(c2)Oc2cccc(c2)C32C3=C(C=CCC3)c3ccccc32)c2ccccc2-c2ccccc21. The first-order valence-corrected chi connectivity index (χ1v) is 20.7. The van der Waals surface area contributed by atoms with Crippen molar-refractivity contribution in [2.24, 2.45) is 0 Å². The molecule has 5 nitrogen and oxygen atoms in total. The molecule has 5 aromatic carbocycles. The Morgan fingerprint density at radius 3 is 1.68 bits per heavy atom. The molecular weight excluding hydrogens is 832 g/mol. The second-order valence-corrected chi connectivity index (χ2v) is 17.8.